The maximum Gasteiger partial charge on any atom is 0.416 e. The minimum absolute atomic E-state index is 0.149. The van der Waals surface area contributed by atoms with Crippen molar-refractivity contribution < 1.29 is 26.3 Å². The van der Waals surface area contributed by atoms with Crippen LogP contribution in [0.1, 0.15) is 11.1 Å². The summed E-state index contributed by atoms with van der Waals surface area (Å²) in [5, 5.41) is 1.77. The zero-order valence-corrected chi connectivity index (χ0v) is 31.1. The van der Waals surface area contributed by atoms with Gasteiger partial charge in [0.05, 0.1) is 62.5 Å². The molecule has 0 saturated carbocycles. The first-order valence-electron chi connectivity index (χ1n) is 18.8. The van der Waals surface area contributed by atoms with E-state index in [4.69, 9.17) is 16.5 Å². The monoisotopic (exact) mass is 799 g/mol. The van der Waals surface area contributed by atoms with Gasteiger partial charge < -0.3 is 9.13 Å². The molecule has 3 heterocycles. The smallest absolute Gasteiger partial charge is 0.308 e. The van der Waals surface area contributed by atoms with E-state index >= 15 is 0 Å². The van der Waals surface area contributed by atoms with E-state index < -0.39 is 23.5 Å². The molecule has 7 aromatic carbocycles. The topological polar surface area (TPSA) is 40.0 Å². The lowest BCUT2D eigenvalue weighted by Gasteiger charge is -2.20. The molecule has 5 nitrogen and oxygen atoms in total. The molecule has 0 radical (unpaired) electrons. The molecular formula is C49H27F6N5. The van der Waals surface area contributed by atoms with E-state index in [1.54, 1.807) is 65.2 Å². The van der Waals surface area contributed by atoms with Gasteiger partial charge in [-0.05, 0) is 66.7 Å². The number of benzene rings is 7. The Morgan fingerprint density at radius 3 is 1.30 bits per heavy atom. The Morgan fingerprint density at radius 1 is 0.433 bits per heavy atom. The number of para-hydroxylation sites is 2. The number of halogens is 6. The Kier molecular flexibility index (Phi) is 8.36. The highest BCUT2D eigenvalue weighted by Gasteiger charge is 2.33. The van der Waals surface area contributed by atoms with Crippen LogP contribution in [0.25, 0.3) is 93.7 Å². The summed E-state index contributed by atoms with van der Waals surface area (Å²) in [6, 6.07) is 45.6. The Labute approximate surface area is 337 Å². The lowest BCUT2D eigenvalue weighted by molar-refractivity contribution is -0.138. The van der Waals surface area contributed by atoms with Gasteiger partial charge in [0.15, 0.2) is 5.69 Å². The van der Waals surface area contributed by atoms with Crippen molar-refractivity contribution in [3.8, 4) is 45.3 Å². The Hall–Kier alpha value is -7.71. The van der Waals surface area contributed by atoms with E-state index in [2.05, 4.69) is 4.85 Å². The van der Waals surface area contributed by atoms with Crippen molar-refractivity contribution in [2.75, 3.05) is 0 Å². The van der Waals surface area contributed by atoms with Crippen LogP contribution in [-0.2, 0) is 12.4 Å². The van der Waals surface area contributed by atoms with E-state index in [1.807, 2.05) is 71.3 Å². The van der Waals surface area contributed by atoms with Gasteiger partial charge in [0.1, 0.15) is 5.82 Å². The molecule has 0 N–H and O–H groups in total. The SMILES string of the molecule is [C-]#[N+]c1cc(-n2c3ccccc3c3cc(C(F)(F)F)ccc32)c(-n2c3ccccc3c3cc(C(F)(F)F)ccc32)cc1-c1nc(-c2ccccc2)cc(-c2ccccc2)n1. The maximum absolute atomic E-state index is 14.2. The molecule has 0 aliphatic carbocycles. The molecule has 0 aliphatic heterocycles. The normalized spacial score (nSPS) is 12.2. The van der Waals surface area contributed by atoms with Crippen molar-refractivity contribution in [3.63, 3.8) is 0 Å². The number of fused-ring (bicyclic) bond motifs is 6. The fraction of sp³-hybridized carbons (Fsp3) is 0.0408. The fourth-order valence-corrected chi connectivity index (χ4v) is 8.09. The van der Waals surface area contributed by atoms with Crippen LogP contribution in [0.4, 0.5) is 32.0 Å². The van der Waals surface area contributed by atoms with Gasteiger partial charge in [0.25, 0.3) is 0 Å². The van der Waals surface area contributed by atoms with Crippen LogP contribution in [0.3, 0.4) is 0 Å². The van der Waals surface area contributed by atoms with Crippen LogP contribution in [0, 0.1) is 6.57 Å². The minimum atomic E-state index is -4.61. The Bertz CT molecular complexity index is 3300. The van der Waals surface area contributed by atoms with Crippen molar-refractivity contribution >= 4 is 49.3 Å². The van der Waals surface area contributed by atoms with E-state index in [-0.39, 0.29) is 11.5 Å². The first-order chi connectivity index (χ1) is 29.0. The summed E-state index contributed by atoms with van der Waals surface area (Å²) >= 11 is 0. The summed E-state index contributed by atoms with van der Waals surface area (Å²) in [5.74, 6) is 0.228. The standard InChI is InChI=1S/C49H27F6N5/c1-56-40-28-46(60-42-19-11-9-17-34(42)36-25-32(49(53,54)55)21-23-44(36)60)45(59-41-18-10-8-16-33(41)35-24-31(48(50,51)52)20-22-43(35)59)26-37(40)47-57-38(29-12-4-2-5-13-29)27-39(58-47)30-14-6-3-7-15-30/h2-28H. The van der Waals surface area contributed by atoms with Gasteiger partial charge >= 0.3 is 12.4 Å². The van der Waals surface area contributed by atoms with Crippen molar-refractivity contribution in [1.82, 2.24) is 19.1 Å². The largest absolute Gasteiger partial charge is 0.416 e. The number of aromatic nitrogens is 4. The zero-order valence-electron chi connectivity index (χ0n) is 31.1. The number of rotatable bonds is 5. The van der Waals surface area contributed by atoms with Crippen molar-refractivity contribution in [2.45, 2.75) is 12.4 Å². The van der Waals surface area contributed by atoms with Crippen LogP contribution in [0.2, 0.25) is 0 Å². The van der Waals surface area contributed by atoms with Gasteiger partial charge in [0, 0.05) is 38.2 Å². The highest BCUT2D eigenvalue weighted by atomic mass is 19.4. The molecule has 10 aromatic rings. The molecule has 0 bridgehead atoms. The summed E-state index contributed by atoms with van der Waals surface area (Å²) in [6.45, 7) is 8.53. The average Bonchev–Trinajstić information content (AvgIpc) is 3.78. The van der Waals surface area contributed by atoms with E-state index in [1.165, 1.54) is 12.1 Å². The second-order valence-electron chi connectivity index (χ2n) is 14.3. The summed E-state index contributed by atoms with van der Waals surface area (Å²) < 4.78 is 88.7. The quantitative estimate of drug-likeness (QED) is 0.128. The highest BCUT2D eigenvalue weighted by molar-refractivity contribution is 6.12. The molecule has 10 rings (SSSR count). The molecule has 0 fully saturated rings. The molecule has 0 aliphatic rings. The lowest BCUT2D eigenvalue weighted by Crippen LogP contribution is -2.07. The van der Waals surface area contributed by atoms with Crippen LogP contribution in [0.15, 0.2) is 164 Å². The summed E-state index contributed by atoms with van der Waals surface area (Å²) in [7, 11) is 0. The van der Waals surface area contributed by atoms with Gasteiger partial charge in [-0.2, -0.15) is 26.3 Å². The Morgan fingerprint density at radius 2 is 0.850 bits per heavy atom. The predicted molar refractivity (Wildman–Crippen MR) is 223 cm³/mol. The molecule has 290 valence electrons. The van der Waals surface area contributed by atoms with Crippen molar-refractivity contribution in [3.05, 3.63) is 186 Å². The van der Waals surface area contributed by atoms with Crippen molar-refractivity contribution in [2.24, 2.45) is 0 Å². The molecule has 11 heteroatoms. The van der Waals surface area contributed by atoms with Gasteiger partial charge in [0.2, 0.25) is 0 Å². The molecule has 3 aromatic heterocycles. The van der Waals surface area contributed by atoms with Crippen LogP contribution >= 0.6 is 0 Å². The van der Waals surface area contributed by atoms with Gasteiger partial charge in [-0.15, -0.1) is 0 Å². The molecule has 60 heavy (non-hydrogen) atoms. The van der Waals surface area contributed by atoms with E-state index in [0.717, 1.165) is 35.4 Å². The predicted octanol–water partition coefficient (Wildman–Crippen LogP) is 14.3. The third-order valence-corrected chi connectivity index (χ3v) is 10.8. The molecular weight excluding hydrogens is 773 g/mol. The van der Waals surface area contributed by atoms with E-state index in [9.17, 15) is 26.3 Å². The van der Waals surface area contributed by atoms with Crippen LogP contribution < -0.4 is 0 Å². The second-order valence-corrected chi connectivity index (χ2v) is 14.3. The third-order valence-electron chi connectivity index (χ3n) is 10.8. The summed E-state index contributed by atoms with van der Waals surface area (Å²) in [6.07, 6.45) is -9.21. The van der Waals surface area contributed by atoms with Crippen LogP contribution in [-0.4, -0.2) is 19.1 Å². The molecule has 0 atom stereocenters. The zero-order chi connectivity index (χ0) is 41.3. The van der Waals surface area contributed by atoms with Crippen LogP contribution in [0.5, 0.6) is 0 Å². The Balaban J connectivity index is 1.35. The number of hydrogen-bond acceptors (Lipinski definition) is 2. The van der Waals surface area contributed by atoms with E-state index in [0.29, 0.717) is 71.9 Å². The van der Waals surface area contributed by atoms with Gasteiger partial charge in [-0.25, -0.2) is 14.8 Å². The third kappa shape index (κ3) is 6.03. The number of alkyl halides is 6. The van der Waals surface area contributed by atoms with Gasteiger partial charge in [-0.1, -0.05) is 97.1 Å². The molecule has 0 unspecified atom stereocenters. The maximum atomic E-state index is 14.2. The number of nitrogens with zero attached hydrogens (tertiary/aromatic N) is 5. The first kappa shape index (κ1) is 36.6. The van der Waals surface area contributed by atoms with Crippen molar-refractivity contribution in [1.29, 1.82) is 0 Å². The lowest BCUT2D eigenvalue weighted by atomic mass is 10.0. The minimum Gasteiger partial charge on any atom is -0.308 e. The molecule has 0 spiro atoms. The molecule has 0 amide bonds. The highest BCUT2D eigenvalue weighted by Crippen LogP contribution is 2.45. The first-order valence-corrected chi connectivity index (χ1v) is 18.8. The molecule has 0 saturated heterocycles. The summed E-state index contributed by atoms with van der Waals surface area (Å²) in [5.41, 5.74) is 4.52. The summed E-state index contributed by atoms with van der Waals surface area (Å²) in [4.78, 5) is 14.0. The average molecular weight is 800 g/mol. The number of hydrogen-bond donors (Lipinski definition) is 0. The fourth-order valence-electron chi connectivity index (χ4n) is 8.09. The second kappa shape index (κ2) is 13.7. The van der Waals surface area contributed by atoms with Gasteiger partial charge in [-0.3, -0.25) is 0 Å².